The van der Waals surface area contributed by atoms with Gasteiger partial charge in [-0.15, -0.1) is 0 Å². The van der Waals surface area contributed by atoms with Gasteiger partial charge in [0.05, 0.1) is 13.7 Å². The number of hydrogen-bond acceptors (Lipinski definition) is 5. The van der Waals surface area contributed by atoms with Crippen LogP contribution in [0.15, 0.2) is 77.7 Å². The molecule has 0 radical (unpaired) electrons. The number of carbonyl (C=O) groups excluding carboxylic acids is 1. The van der Waals surface area contributed by atoms with Crippen molar-refractivity contribution in [2.45, 2.75) is 18.4 Å². The fraction of sp³-hybridized carbons (Fsp3) is 0.296. The van der Waals surface area contributed by atoms with Gasteiger partial charge in [-0.05, 0) is 54.4 Å². The van der Waals surface area contributed by atoms with Crippen molar-refractivity contribution >= 4 is 21.6 Å². The fourth-order valence-electron chi connectivity index (χ4n) is 4.25. The first-order valence-corrected chi connectivity index (χ1v) is 13.2. The molecule has 1 aliphatic rings. The average molecular weight is 512 g/mol. The molecule has 0 saturated carbocycles. The van der Waals surface area contributed by atoms with Crippen LogP contribution in [0.1, 0.15) is 11.1 Å². The third-order valence-electron chi connectivity index (χ3n) is 6.27. The lowest BCUT2D eigenvalue weighted by Gasteiger charge is -2.37. The van der Waals surface area contributed by atoms with Crippen LogP contribution in [0.2, 0.25) is 0 Å². The maximum absolute atomic E-state index is 13.8. The molecule has 3 aromatic carbocycles. The Morgan fingerprint density at radius 1 is 0.972 bits per heavy atom. The third-order valence-corrected chi connectivity index (χ3v) is 8.09. The highest BCUT2D eigenvalue weighted by Crippen LogP contribution is 2.29. The Labute approximate surface area is 211 Å². The molecule has 3 aromatic rings. The van der Waals surface area contributed by atoms with E-state index in [9.17, 15) is 17.6 Å². The summed E-state index contributed by atoms with van der Waals surface area (Å²) in [6, 6.07) is 20.4. The molecule has 0 N–H and O–H groups in total. The van der Waals surface area contributed by atoms with E-state index in [0.717, 1.165) is 16.8 Å². The summed E-state index contributed by atoms with van der Waals surface area (Å²) in [6.07, 6.45) is 0. The predicted octanol–water partition coefficient (Wildman–Crippen LogP) is 3.68. The Hall–Kier alpha value is -3.43. The molecule has 1 aliphatic heterocycles. The number of benzene rings is 3. The van der Waals surface area contributed by atoms with E-state index in [4.69, 9.17) is 4.74 Å². The SMILES string of the molecule is COc1ccc(C)cc1S(=O)(=O)N(CC(=O)N1CCN(c2ccc(F)cc2)CC1)Cc1ccccc1. The average Bonchev–Trinajstić information content (AvgIpc) is 2.89. The molecule has 0 bridgehead atoms. The van der Waals surface area contributed by atoms with E-state index < -0.39 is 10.0 Å². The second-order valence-electron chi connectivity index (χ2n) is 8.76. The highest BCUT2D eigenvalue weighted by atomic mass is 32.2. The van der Waals surface area contributed by atoms with Crippen LogP contribution in [0.3, 0.4) is 0 Å². The predicted molar refractivity (Wildman–Crippen MR) is 137 cm³/mol. The standard InChI is InChI=1S/C27H30FN3O4S/c1-21-8-13-25(35-2)26(18-21)36(33,34)31(19-22-6-4-3-5-7-22)20-27(32)30-16-14-29(15-17-30)24-11-9-23(28)10-12-24/h3-13,18H,14-17,19-20H2,1-2H3. The molecular weight excluding hydrogens is 481 g/mol. The Kier molecular flexibility index (Phi) is 7.91. The van der Waals surface area contributed by atoms with E-state index in [1.54, 1.807) is 35.2 Å². The number of anilines is 1. The quantitative estimate of drug-likeness (QED) is 0.462. The van der Waals surface area contributed by atoms with Crippen LogP contribution in [-0.4, -0.2) is 63.4 Å². The van der Waals surface area contributed by atoms with Gasteiger partial charge in [0.2, 0.25) is 15.9 Å². The van der Waals surface area contributed by atoms with Gasteiger partial charge in [-0.2, -0.15) is 4.31 Å². The molecular formula is C27H30FN3O4S. The fourth-order valence-corrected chi connectivity index (χ4v) is 5.87. The minimum Gasteiger partial charge on any atom is -0.495 e. The van der Waals surface area contributed by atoms with E-state index in [2.05, 4.69) is 4.90 Å². The lowest BCUT2D eigenvalue weighted by Crippen LogP contribution is -2.51. The number of carbonyl (C=O) groups is 1. The van der Waals surface area contributed by atoms with Gasteiger partial charge < -0.3 is 14.5 Å². The summed E-state index contributed by atoms with van der Waals surface area (Å²) in [5.74, 6) is -0.323. The first-order chi connectivity index (χ1) is 17.3. The molecule has 0 spiro atoms. The van der Waals surface area contributed by atoms with Crippen molar-refractivity contribution < 1.29 is 22.3 Å². The zero-order valence-corrected chi connectivity index (χ0v) is 21.2. The van der Waals surface area contributed by atoms with Gasteiger partial charge in [-0.25, -0.2) is 12.8 Å². The van der Waals surface area contributed by atoms with Crippen molar-refractivity contribution in [2.75, 3.05) is 44.7 Å². The maximum atomic E-state index is 13.8. The van der Waals surface area contributed by atoms with Gasteiger partial charge in [0, 0.05) is 38.4 Å². The second kappa shape index (κ2) is 11.1. The van der Waals surface area contributed by atoms with E-state index in [0.29, 0.717) is 26.2 Å². The molecule has 7 nitrogen and oxygen atoms in total. The van der Waals surface area contributed by atoms with Crippen molar-refractivity contribution in [3.05, 3.63) is 89.7 Å². The second-order valence-corrected chi connectivity index (χ2v) is 10.7. The smallest absolute Gasteiger partial charge is 0.247 e. The zero-order valence-electron chi connectivity index (χ0n) is 20.4. The summed E-state index contributed by atoms with van der Waals surface area (Å²) in [7, 11) is -2.61. The molecule has 0 aliphatic carbocycles. The number of aryl methyl sites for hydroxylation is 1. The van der Waals surface area contributed by atoms with Crippen LogP contribution in [0, 0.1) is 12.7 Å². The number of piperazine rings is 1. The molecule has 9 heteroatoms. The van der Waals surface area contributed by atoms with E-state index >= 15 is 0 Å². The summed E-state index contributed by atoms with van der Waals surface area (Å²) >= 11 is 0. The van der Waals surface area contributed by atoms with Gasteiger partial charge in [0.15, 0.2) is 0 Å². The van der Waals surface area contributed by atoms with Crippen molar-refractivity contribution in [2.24, 2.45) is 0 Å². The van der Waals surface area contributed by atoms with Gasteiger partial charge in [-0.1, -0.05) is 36.4 Å². The topological polar surface area (TPSA) is 70.2 Å². The number of sulfonamides is 1. The maximum Gasteiger partial charge on any atom is 0.247 e. The minimum absolute atomic E-state index is 0.0369. The van der Waals surface area contributed by atoms with Gasteiger partial charge in [-0.3, -0.25) is 4.79 Å². The van der Waals surface area contributed by atoms with Gasteiger partial charge in [0.1, 0.15) is 16.5 Å². The van der Waals surface area contributed by atoms with Crippen LogP contribution >= 0.6 is 0 Å². The molecule has 1 amide bonds. The molecule has 1 fully saturated rings. The largest absolute Gasteiger partial charge is 0.495 e. The van der Waals surface area contributed by atoms with Gasteiger partial charge >= 0.3 is 0 Å². The monoisotopic (exact) mass is 511 g/mol. The summed E-state index contributed by atoms with van der Waals surface area (Å²) < 4.78 is 47.4. The van der Waals surface area contributed by atoms with Crippen LogP contribution < -0.4 is 9.64 Å². The van der Waals surface area contributed by atoms with E-state index in [-0.39, 0.29) is 35.5 Å². The number of hydrogen-bond donors (Lipinski definition) is 0. The van der Waals surface area contributed by atoms with E-state index in [1.807, 2.05) is 37.3 Å². The molecule has 4 rings (SSSR count). The Morgan fingerprint density at radius 3 is 2.28 bits per heavy atom. The van der Waals surface area contributed by atoms with E-state index in [1.165, 1.54) is 23.5 Å². The first kappa shape index (κ1) is 25.7. The van der Waals surface area contributed by atoms with Crippen LogP contribution in [0.25, 0.3) is 0 Å². The van der Waals surface area contributed by atoms with Crippen molar-refractivity contribution in [1.29, 1.82) is 0 Å². The van der Waals surface area contributed by atoms with Crippen LogP contribution in [0.4, 0.5) is 10.1 Å². The Bertz CT molecular complexity index is 1290. The molecule has 1 saturated heterocycles. The molecule has 0 aromatic heterocycles. The highest BCUT2D eigenvalue weighted by molar-refractivity contribution is 7.89. The molecule has 1 heterocycles. The summed E-state index contributed by atoms with van der Waals surface area (Å²) in [5, 5.41) is 0. The minimum atomic E-state index is -4.04. The molecule has 36 heavy (non-hydrogen) atoms. The Morgan fingerprint density at radius 2 is 1.64 bits per heavy atom. The highest BCUT2D eigenvalue weighted by Gasteiger charge is 2.32. The number of amides is 1. The zero-order chi connectivity index (χ0) is 25.7. The van der Waals surface area contributed by atoms with Crippen LogP contribution in [-0.2, 0) is 21.4 Å². The molecule has 190 valence electrons. The molecule has 0 atom stereocenters. The first-order valence-electron chi connectivity index (χ1n) is 11.7. The summed E-state index contributed by atoms with van der Waals surface area (Å²) in [4.78, 5) is 17.1. The summed E-state index contributed by atoms with van der Waals surface area (Å²) in [5.41, 5.74) is 2.45. The Balaban J connectivity index is 1.53. The molecule has 0 unspecified atom stereocenters. The van der Waals surface area contributed by atoms with Crippen LogP contribution in [0.5, 0.6) is 5.75 Å². The summed E-state index contributed by atoms with van der Waals surface area (Å²) in [6.45, 7) is 3.63. The lowest BCUT2D eigenvalue weighted by atomic mass is 10.2. The number of halogens is 1. The third kappa shape index (κ3) is 5.85. The van der Waals surface area contributed by atoms with Crippen molar-refractivity contribution in [3.8, 4) is 5.75 Å². The van der Waals surface area contributed by atoms with Crippen molar-refractivity contribution in [1.82, 2.24) is 9.21 Å². The number of methoxy groups -OCH3 is 1. The lowest BCUT2D eigenvalue weighted by molar-refractivity contribution is -0.131. The number of nitrogens with zero attached hydrogens (tertiary/aromatic N) is 3. The normalized spacial score (nSPS) is 14.2. The van der Waals surface area contributed by atoms with Gasteiger partial charge in [0.25, 0.3) is 0 Å². The number of ether oxygens (including phenoxy) is 1. The van der Waals surface area contributed by atoms with Crippen molar-refractivity contribution in [3.63, 3.8) is 0 Å². The number of rotatable bonds is 8.